The minimum absolute atomic E-state index is 0.215. The average molecular weight is 360 g/mol. The number of carbonyl (C=O) groups is 1. The van der Waals surface area contributed by atoms with E-state index in [-0.39, 0.29) is 5.91 Å². The predicted molar refractivity (Wildman–Crippen MR) is 104 cm³/mol. The van der Waals surface area contributed by atoms with Crippen LogP contribution in [0.3, 0.4) is 0 Å². The summed E-state index contributed by atoms with van der Waals surface area (Å²) < 4.78 is 5.83. The van der Waals surface area contributed by atoms with E-state index < -0.39 is 0 Å². The lowest BCUT2D eigenvalue weighted by atomic mass is 9.95. The van der Waals surface area contributed by atoms with Gasteiger partial charge < -0.3 is 9.64 Å². The van der Waals surface area contributed by atoms with Crippen LogP contribution < -0.4 is 0 Å². The molecule has 2 bridgehead atoms. The summed E-state index contributed by atoms with van der Waals surface area (Å²) in [4.78, 5) is 18.8. The van der Waals surface area contributed by atoms with E-state index in [0.717, 1.165) is 32.7 Å². The molecule has 0 radical (unpaired) electrons. The molecule has 26 heavy (non-hydrogen) atoms. The first-order chi connectivity index (χ1) is 12.6. The third-order valence-electron chi connectivity index (χ3n) is 5.61. The van der Waals surface area contributed by atoms with Gasteiger partial charge in [-0.3, -0.25) is 14.6 Å². The van der Waals surface area contributed by atoms with Crippen molar-refractivity contribution in [1.82, 2.24) is 14.7 Å². The van der Waals surface area contributed by atoms with Gasteiger partial charge in [0.05, 0.1) is 13.2 Å². The zero-order chi connectivity index (χ0) is 18.4. The number of ether oxygens (including phenoxy) is 1. The van der Waals surface area contributed by atoms with Gasteiger partial charge in [-0.15, -0.1) is 0 Å². The summed E-state index contributed by atoms with van der Waals surface area (Å²) >= 11 is 0. The minimum atomic E-state index is 0.215. The molecule has 0 aromatic heterocycles. The van der Waals surface area contributed by atoms with E-state index in [1.165, 1.54) is 24.9 Å². The molecular weight excluding hydrogens is 326 g/mol. The quantitative estimate of drug-likeness (QED) is 0.666. The third kappa shape index (κ3) is 5.53. The van der Waals surface area contributed by atoms with Crippen LogP contribution in [0.2, 0.25) is 0 Å². The van der Waals surface area contributed by atoms with Gasteiger partial charge in [-0.2, -0.15) is 0 Å². The van der Waals surface area contributed by atoms with Crippen molar-refractivity contribution in [3.8, 4) is 0 Å². The molecule has 0 unspecified atom stereocenters. The molecule has 4 rings (SSSR count). The van der Waals surface area contributed by atoms with Crippen LogP contribution in [0.25, 0.3) is 0 Å². The highest BCUT2D eigenvalue weighted by atomic mass is 16.5. The van der Waals surface area contributed by atoms with E-state index in [2.05, 4.69) is 34.1 Å². The highest BCUT2D eigenvalue weighted by Crippen LogP contribution is 2.28. The molecule has 3 aliphatic heterocycles. The average Bonchev–Trinajstić information content (AvgIpc) is 2.92. The maximum absolute atomic E-state index is 12.1. The molecule has 5 nitrogen and oxygen atoms in total. The molecule has 3 saturated heterocycles. The summed E-state index contributed by atoms with van der Waals surface area (Å²) in [6, 6.07) is 11.0. The number of hydrogen-bond acceptors (Lipinski definition) is 4. The van der Waals surface area contributed by atoms with Crippen molar-refractivity contribution in [2.24, 2.45) is 5.92 Å². The molecule has 0 saturated carbocycles. The van der Waals surface area contributed by atoms with Crippen LogP contribution in [0.15, 0.2) is 30.3 Å². The molecule has 1 aromatic rings. The first-order valence-corrected chi connectivity index (χ1v) is 9.90. The Hall–Kier alpha value is -1.43. The van der Waals surface area contributed by atoms with Crippen LogP contribution in [-0.4, -0.2) is 80.1 Å². The summed E-state index contributed by atoms with van der Waals surface area (Å²) in [5.74, 6) is 0.918. The number of benzene rings is 1. The van der Waals surface area contributed by atoms with Crippen LogP contribution in [0.4, 0.5) is 0 Å². The molecule has 1 amide bonds. The molecule has 1 aromatic carbocycles. The molecule has 144 valence electrons. The number of carbonyl (C=O) groups excluding carboxylic acids is 1. The van der Waals surface area contributed by atoms with Gasteiger partial charge in [0.15, 0.2) is 0 Å². The molecule has 5 heteroatoms. The number of piperidine rings is 1. The Morgan fingerprint density at radius 1 is 1.15 bits per heavy atom. The van der Waals surface area contributed by atoms with Crippen molar-refractivity contribution >= 4 is 5.91 Å². The topological polar surface area (TPSA) is 36.0 Å². The van der Waals surface area contributed by atoms with Crippen molar-refractivity contribution < 1.29 is 9.53 Å². The van der Waals surface area contributed by atoms with E-state index in [4.69, 9.17) is 4.74 Å². The maximum atomic E-state index is 12.1. The van der Waals surface area contributed by atoms with Crippen molar-refractivity contribution in [3.05, 3.63) is 35.9 Å². The fourth-order valence-electron chi connectivity index (χ4n) is 4.15. The first-order valence-electron chi connectivity index (χ1n) is 9.90. The second-order valence-electron chi connectivity index (χ2n) is 7.97. The van der Waals surface area contributed by atoms with Crippen molar-refractivity contribution in [2.45, 2.75) is 31.9 Å². The second-order valence-corrected chi connectivity index (χ2v) is 7.97. The van der Waals surface area contributed by atoms with Gasteiger partial charge in [0.25, 0.3) is 0 Å². The van der Waals surface area contributed by atoms with Crippen LogP contribution >= 0.6 is 0 Å². The number of nitrogens with zero attached hydrogens (tertiary/aromatic N) is 3. The molecule has 3 fully saturated rings. The monoisotopic (exact) mass is 359 g/mol. The van der Waals surface area contributed by atoms with E-state index in [1.807, 2.05) is 20.2 Å². The standard InChI is InChI=1S/C21H33N3O2/c1-22(2)21(25)16-23-13-19-9-10-20(15-23)24(14-19)11-6-12-26-17-18-7-4-3-5-8-18/h3-5,7-8,19-20H,6,9-17H2,1-2H3/t19-,20+/m0/s1. The highest BCUT2D eigenvalue weighted by molar-refractivity contribution is 5.77. The van der Waals surface area contributed by atoms with Gasteiger partial charge >= 0.3 is 0 Å². The largest absolute Gasteiger partial charge is 0.377 e. The zero-order valence-electron chi connectivity index (χ0n) is 16.3. The summed E-state index contributed by atoms with van der Waals surface area (Å²) in [5.41, 5.74) is 1.24. The normalized spacial score (nSPS) is 23.8. The zero-order valence-corrected chi connectivity index (χ0v) is 16.3. The lowest BCUT2D eigenvalue weighted by Crippen LogP contribution is -2.45. The molecule has 0 N–H and O–H groups in total. The Morgan fingerprint density at radius 2 is 1.96 bits per heavy atom. The Kier molecular flexibility index (Phi) is 7.06. The summed E-state index contributed by atoms with van der Waals surface area (Å²) in [6.45, 7) is 6.45. The Bertz CT molecular complexity index is 564. The summed E-state index contributed by atoms with van der Waals surface area (Å²) in [6.07, 6.45) is 3.65. The third-order valence-corrected chi connectivity index (χ3v) is 5.61. The van der Waals surface area contributed by atoms with Crippen molar-refractivity contribution in [1.29, 1.82) is 0 Å². The SMILES string of the molecule is CN(C)C(=O)CN1C[C@@H]2CC[C@H](C1)N(CCCOCc1ccccc1)C2. The molecule has 0 spiro atoms. The first kappa shape index (κ1) is 19.3. The Labute approximate surface area is 157 Å². The van der Waals surface area contributed by atoms with Crippen LogP contribution in [0.1, 0.15) is 24.8 Å². The van der Waals surface area contributed by atoms with E-state index in [0.29, 0.717) is 25.1 Å². The van der Waals surface area contributed by atoms with Gasteiger partial charge in [-0.1, -0.05) is 30.3 Å². The minimum Gasteiger partial charge on any atom is -0.377 e. The van der Waals surface area contributed by atoms with Gasteiger partial charge in [0.1, 0.15) is 0 Å². The Morgan fingerprint density at radius 3 is 2.73 bits per heavy atom. The van der Waals surface area contributed by atoms with Gasteiger partial charge in [0, 0.05) is 52.9 Å². The number of fused-ring (bicyclic) bond motifs is 4. The van der Waals surface area contributed by atoms with Crippen LogP contribution in [0, 0.1) is 5.92 Å². The smallest absolute Gasteiger partial charge is 0.236 e. The van der Waals surface area contributed by atoms with Gasteiger partial charge in [0.2, 0.25) is 5.91 Å². The maximum Gasteiger partial charge on any atom is 0.236 e. The van der Waals surface area contributed by atoms with Crippen molar-refractivity contribution in [2.75, 3.05) is 53.4 Å². The molecular formula is C21H33N3O2. The lowest BCUT2D eigenvalue weighted by Gasteiger charge is -2.36. The molecule has 2 atom stereocenters. The Balaban J connectivity index is 1.40. The summed E-state index contributed by atoms with van der Waals surface area (Å²) in [7, 11) is 3.69. The summed E-state index contributed by atoms with van der Waals surface area (Å²) in [5, 5.41) is 0. The number of hydrogen-bond donors (Lipinski definition) is 0. The fraction of sp³-hybridized carbons (Fsp3) is 0.667. The van der Waals surface area contributed by atoms with Gasteiger partial charge in [-0.25, -0.2) is 0 Å². The second kappa shape index (κ2) is 9.49. The molecule has 3 aliphatic rings. The predicted octanol–water partition coefficient (Wildman–Crippen LogP) is 2.08. The highest BCUT2D eigenvalue weighted by Gasteiger charge is 2.34. The van der Waals surface area contributed by atoms with Crippen LogP contribution in [0.5, 0.6) is 0 Å². The molecule has 0 aliphatic carbocycles. The van der Waals surface area contributed by atoms with Crippen molar-refractivity contribution in [3.63, 3.8) is 0 Å². The number of likely N-dealkylation sites (N-methyl/N-ethyl adjacent to an activating group) is 1. The number of amides is 1. The molecule has 3 heterocycles. The lowest BCUT2D eigenvalue weighted by molar-refractivity contribution is -0.130. The van der Waals surface area contributed by atoms with E-state index >= 15 is 0 Å². The van der Waals surface area contributed by atoms with E-state index in [9.17, 15) is 4.79 Å². The number of rotatable bonds is 8. The fourth-order valence-corrected chi connectivity index (χ4v) is 4.15. The van der Waals surface area contributed by atoms with Gasteiger partial charge in [-0.05, 0) is 30.7 Å². The van der Waals surface area contributed by atoms with E-state index in [1.54, 1.807) is 4.90 Å². The van der Waals surface area contributed by atoms with Crippen LogP contribution in [-0.2, 0) is 16.1 Å².